The number of benzene rings is 1. The molecule has 0 saturated heterocycles. The van der Waals surface area contributed by atoms with E-state index < -0.39 is 14.4 Å². The van der Waals surface area contributed by atoms with Crippen LogP contribution in [0.2, 0.25) is 18.1 Å². The van der Waals surface area contributed by atoms with E-state index in [1.165, 1.54) is 0 Å². The van der Waals surface area contributed by atoms with Crippen molar-refractivity contribution < 1.29 is 19.0 Å². The van der Waals surface area contributed by atoms with Gasteiger partial charge in [0.05, 0.1) is 32.5 Å². The average Bonchev–Trinajstić information content (AvgIpc) is 2.65. The third-order valence-electron chi connectivity index (χ3n) is 6.05. The molecule has 166 valence electrons. The average molecular weight is 423 g/mol. The standard InChI is InChI=1S/C24H42O4Si/c1-10-11-22(25)19(3)23(28-29(8,9)24(4,5)6)18(2)16-27-17-20-12-14-21(26-7)15-13-20/h10-15,18-19,22-23,25H,16-17H2,1-9H3/b11-10+. The molecule has 0 aliphatic heterocycles. The van der Waals surface area contributed by atoms with E-state index in [0.29, 0.717) is 13.2 Å². The minimum absolute atomic E-state index is 0.0140. The minimum atomic E-state index is -1.98. The zero-order valence-corrected chi connectivity index (χ0v) is 20.9. The summed E-state index contributed by atoms with van der Waals surface area (Å²) in [5, 5.41) is 10.7. The molecule has 0 spiro atoms. The Balaban J connectivity index is 2.84. The molecule has 4 unspecified atom stereocenters. The van der Waals surface area contributed by atoms with Gasteiger partial charge in [0.15, 0.2) is 8.32 Å². The van der Waals surface area contributed by atoms with Crippen molar-refractivity contribution in [3.05, 3.63) is 42.0 Å². The normalized spacial score (nSPS) is 17.2. The summed E-state index contributed by atoms with van der Waals surface area (Å²) in [6, 6.07) is 7.93. The molecule has 1 aromatic rings. The van der Waals surface area contributed by atoms with Gasteiger partial charge in [0, 0.05) is 11.8 Å². The van der Waals surface area contributed by atoms with Crippen LogP contribution in [-0.2, 0) is 15.8 Å². The number of hydrogen-bond donors (Lipinski definition) is 1. The van der Waals surface area contributed by atoms with Crippen molar-refractivity contribution in [1.82, 2.24) is 0 Å². The van der Waals surface area contributed by atoms with Crippen LogP contribution in [0.5, 0.6) is 5.75 Å². The van der Waals surface area contributed by atoms with Crippen LogP contribution in [0.15, 0.2) is 36.4 Å². The highest BCUT2D eigenvalue weighted by Gasteiger charge is 2.42. The zero-order chi connectivity index (χ0) is 22.2. The quantitative estimate of drug-likeness (QED) is 0.361. The molecular formula is C24H42O4Si. The third kappa shape index (κ3) is 7.89. The minimum Gasteiger partial charge on any atom is -0.497 e. The van der Waals surface area contributed by atoms with Gasteiger partial charge < -0.3 is 19.0 Å². The summed E-state index contributed by atoms with van der Waals surface area (Å²) in [5.74, 6) is 0.994. The van der Waals surface area contributed by atoms with Gasteiger partial charge in [0.1, 0.15) is 5.75 Å². The molecule has 0 fully saturated rings. The lowest BCUT2D eigenvalue weighted by Gasteiger charge is -2.43. The Kier molecular flexibility index (Phi) is 10.1. The van der Waals surface area contributed by atoms with E-state index >= 15 is 0 Å². The fourth-order valence-electron chi connectivity index (χ4n) is 3.00. The van der Waals surface area contributed by atoms with Gasteiger partial charge in [-0.25, -0.2) is 0 Å². The summed E-state index contributed by atoms with van der Waals surface area (Å²) in [4.78, 5) is 0. The summed E-state index contributed by atoms with van der Waals surface area (Å²) < 4.78 is 18.0. The lowest BCUT2D eigenvalue weighted by atomic mass is 9.89. The number of methoxy groups -OCH3 is 1. The second kappa shape index (κ2) is 11.3. The van der Waals surface area contributed by atoms with Gasteiger partial charge in [-0.2, -0.15) is 0 Å². The molecular weight excluding hydrogens is 380 g/mol. The van der Waals surface area contributed by atoms with Crippen LogP contribution in [0, 0.1) is 11.8 Å². The molecule has 0 aliphatic carbocycles. The highest BCUT2D eigenvalue weighted by Crippen LogP contribution is 2.39. The van der Waals surface area contributed by atoms with Crippen molar-refractivity contribution in [3.8, 4) is 5.75 Å². The van der Waals surface area contributed by atoms with Crippen molar-refractivity contribution in [3.63, 3.8) is 0 Å². The first-order chi connectivity index (χ1) is 13.4. The van der Waals surface area contributed by atoms with Crippen LogP contribution < -0.4 is 4.74 Å². The van der Waals surface area contributed by atoms with Crippen molar-refractivity contribution in [2.24, 2.45) is 11.8 Å². The van der Waals surface area contributed by atoms with E-state index in [1.54, 1.807) is 7.11 Å². The van der Waals surface area contributed by atoms with Crippen LogP contribution in [0.1, 0.15) is 47.1 Å². The number of allylic oxidation sites excluding steroid dienone is 1. The van der Waals surface area contributed by atoms with Crippen LogP contribution in [0.3, 0.4) is 0 Å². The molecule has 0 heterocycles. The second-order valence-corrected chi connectivity index (χ2v) is 14.3. The first kappa shape index (κ1) is 25.9. The molecule has 5 heteroatoms. The van der Waals surface area contributed by atoms with Crippen LogP contribution >= 0.6 is 0 Å². The molecule has 4 atom stereocenters. The SMILES string of the molecule is C/C=C/C(O)C(C)C(O[Si](C)(C)C(C)(C)C)C(C)COCc1ccc(OC)cc1. The molecule has 29 heavy (non-hydrogen) atoms. The summed E-state index contributed by atoms with van der Waals surface area (Å²) in [5.41, 5.74) is 1.11. The van der Waals surface area contributed by atoms with Crippen molar-refractivity contribution in [2.45, 2.75) is 78.5 Å². The number of rotatable bonds is 11. The molecule has 0 amide bonds. The highest BCUT2D eigenvalue weighted by molar-refractivity contribution is 6.74. The lowest BCUT2D eigenvalue weighted by Crippen LogP contribution is -2.49. The highest BCUT2D eigenvalue weighted by atomic mass is 28.4. The van der Waals surface area contributed by atoms with Crippen molar-refractivity contribution in [2.75, 3.05) is 13.7 Å². The van der Waals surface area contributed by atoms with Crippen molar-refractivity contribution in [1.29, 1.82) is 0 Å². The number of hydrogen-bond acceptors (Lipinski definition) is 4. The van der Waals surface area contributed by atoms with E-state index in [0.717, 1.165) is 11.3 Å². The third-order valence-corrected chi connectivity index (χ3v) is 10.5. The molecule has 0 aliphatic rings. The fraction of sp³-hybridized carbons (Fsp3) is 0.667. The van der Waals surface area contributed by atoms with E-state index in [9.17, 15) is 5.11 Å². The van der Waals surface area contributed by atoms with E-state index in [2.05, 4.69) is 47.7 Å². The van der Waals surface area contributed by atoms with Crippen LogP contribution in [0.25, 0.3) is 0 Å². The maximum absolute atomic E-state index is 10.6. The molecule has 1 N–H and O–H groups in total. The predicted octanol–water partition coefficient (Wildman–Crippen LogP) is 5.81. The summed E-state index contributed by atoms with van der Waals surface area (Å²) >= 11 is 0. The van der Waals surface area contributed by atoms with Crippen LogP contribution in [-0.4, -0.2) is 39.3 Å². The van der Waals surface area contributed by atoms with Gasteiger partial charge in [0.2, 0.25) is 0 Å². The number of aliphatic hydroxyl groups is 1. The van der Waals surface area contributed by atoms with Gasteiger partial charge >= 0.3 is 0 Å². The Morgan fingerprint density at radius 2 is 1.69 bits per heavy atom. The van der Waals surface area contributed by atoms with Gasteiger partial charge in [0.25, 0.3) is 0 Å². The fourth-order valence-corrected chi connectivity index (χ4v) is 4.49. The second-order valence-electron chi connectivity index (χ2n) is 9.56. The monoisotopic (exact) mass is 422 g/mol. The Bertz CT molecular complexity index is 619. The van der Waals surface area contributed by atoms with Gasteiger partial charge in [-0.1, -0.05) is 58.9 Å². The maximum atomic E-state index is 10.6. The molecule has 1 rings (SSSR count). The van der Waals surface area contributed by atoms with E-state index in [4.69, 9.17) is 13.9 Å². The first-order valence-corrected chi connectivity index (χ1v) is 13.5. The summed E-state index contributed by atoms with van der Waals surface area (Å²) in [7, 11) is -0.315. The Morgan fingerprint density at radius 3 is 2.17 bits per heavy atom. The van der Waals surface area contributed by atoms with E-state index in [1.807, 2.05) is 43.3 Å². The van der Waals surface area contributed by atoms with Gasteiger partial charge in [-0.15, -0.1) is 0 Å². The van der Waals surface area contributed by atoms with Gasteiger partial charge in [-0.3, -0.25) is 0 Å². The smallest absolute Gasteiger partial charge is 0.192 e. The molecule has 4 nitrogen and oxygen atoms in total. The summed E-state index contributed by atoms with van der Waals surface area (Å²) in [6.07, 6.45) is 3.14. The maximum Gasteiger partial charge on any atom is 0.192 e. The van der Waals surface area contributed by atoms with E-state index in [-0.39, 0.29) is 23.0 Å². The molecule has 0 saturated carbocycles. The zero-order valence-electron chi connectivity index (χ0n) is 19.9. The summed E-state index contributed by atoms with van der Waals surface area (Å²) in [6.45, 7) is 18.6. The number of ether oxygens (including phenoxy) is 2. The topological polar surface area (TPSA) is 47.9 Å². The first-order valence-electron chi connectivity index (χ1n) is 10.6. The van der Waals surface area contributed by atoms with Gasteiger partial charge in [-0.05, 0) is 42.8 Å². The Hall–Kier alpha value is -1.14. The van der Waals surface area contributed by atoms with Crippen LogP contribution in [0.4, 0.5) is 0 Å². The predicted molar refractivity (Wildman–Crippen MR) is 124 cm³/mol. The Morgan fingerprint density at radius 1 is 1.10 bits per heavy atom. The molecule has 0 radical (unpaired) electrons. The molecule has 0 bridgehead atoms. The molecule has 1 aromatic carbocycles. The Labute approximate surface area is 179 Å². The molecule has 0 aromatic heterocycles. The number of aliphatic hydroxyl groups excluding tert-OH is 1. The lowest BCUT2D eigenvalue weighted by molar-refractivity contribution is -0.0161. The van der Waals surface area contributed by atoms with Crippen molar-refractivity contribution >= 4 is 8.32 Å². The largest absolute Gasteiger partial charge is 0.497 e.